The van der Waals surface area contributed by atoms with Crippen molar-refractivity contribution in [2.24, 2.45) is 0 Å². The van der Waals surface area contributed by atoms with Crippen molar-refractivity contribution in [3.05, 3.63) is 40.6 Å². The topological polar surface area (TPSA) is 94.7 Å². The number of hydrogen-bond donors (Lipinski definition) is 4. The second kappa shape index (κ2) is 8.30. The number of anilines is 1. The fourth-order valence-electron chi connectivity index (χ4n) is 1.56. The number of alkyl halides is 3. The molecule has 24 heavy (non-hydrogen) atoms. The Bertz CT molecular complexity index is 707. The predicted molar refractivity (Wildman–Crippen MR) is 101 cm³/mol. The predicted octanol–water partition coefficient (Wildman–Crippen LogP) is 2.98. The normalized spacial score (nSPS) is 12.3. The number of nitrogens with zero attached hydrogens (tertiary/aromatic N) is 2. The molecule has 0 saturated carbocycles. The van der Waals surface area contributed by atoms with E-state index in [2.05, 4.69) is 47.1 Å². The van der Waals surface area contributed by atoms with Gasteiger partial charge in [0.15, 0.2) is 5.11 Å². The zero-order valence-electron chi connectivity index (χ0n) is 11.7. The molecule has 1 aromatic carbocycles. The van der Waals surface area contributed by atoms with E-state index >= 15 is 0 Å². The minimum Gasteiger partial charge on any atom is -0.339 e. The third-order valence-corrected chi connectivity index (χ3v) is 4.03. The van der Waals surface area contributed by atoms with Crippen LogP contribution in [0, 0.1) is 0 Å². The highest BCUT2D eigenvalue weighted by Crippen LogP contribution is 2.29. The standard InChI is InChI=1S/C12H10BrCl3N6OS/c13-7-3-1-6(2-4-7)8(23)19-9(12(14,15)16)20-11(24)21-10-17-5-18-22-10/h1-5,9H,(H,19,23)(H3,17,18,20,21,22,24)/t9-/m0/s1. The van der Waals surface area contributed by atoms with E-state index < -0.39 is 15.9 Å². The van der Waals surface area contributed by atoms with Crippen LogP contribution in [0.3, 0.4) is 0 Å². The molecule has 1 amide bonds. The van der Waals surface area contributed by atoms with Crippen LogP contribution in [0.25, 0.3) is 0 Å². The molecule has 12 heteroatoms. The molecule has 1 heterocycles. The van der Waals surface area contributed by atoms with Crippen molar-refractivity contribution in [3.63, 3.8) is 0 Å². The van der Waals surface area contributed by atoms with Gasteiger partial charge in [-0.1, -0.05) is 50.7 Å². The largest absolute Gasteiger partial charge is 0.339 e. The van der Waals surface area contributed by atoms with E-state index in [0.717, 1.165) is 4.47 Å². The first-order valence-corrected chi connectivity index (χ1v) is 8.65. The molecule has 0 saturated heterocycles. The van der Waals surface area contributed by atoms with Crippen LogP contribution in [0.5, 0.6) is 0 Å². The van der Waals surface area contributed by atoms with E-state index in [1.165, 1.54) is 6.33 Å². The summed E-state index contributed by atoms with van der Waals surface area (Å²) in [6.45, 7) is 0. The Morgan fingerprint density at radius 2 is 1.92 bits per heavy atom. The summed E-state index contributed by atoms with van der Waals surface area (Å²) in [5, 5.41) is 14.3. The van der Waals surface area contributed by atoms with Gasteiger partial charge in [0.25, 0.3) is 5.91 Å². The van der Waals surface area contributed by atoms with E-state index in [1.807, 2.05) is 0 Å². The summed E-state index contributed by atoms with van der Waals surface area (Å²) in [5.41, 5.74) is 0.397. The van der Waals surface area contributed by atoms with Gasteiger partial charge in [0, 0.05) is 10.0 Å². The lowest BCUT2D eigenvalue weighted by Gasteiger charge is -2.27. The number of H-pyrrole nitrogens is 1. The summed E-state index contributed by atoms with van der Waals surface area (Å²) in [5.74, 6) is -0.136. The Hall–Kier alpha value is -1.13. The highest BCUT2D eigenvalue weighted by atomic mass is 79.9. The number of aromatic nitrogens is 3. The third kappa shape index (κ3) is 5.75. The van der Waals surface area contributed by atoms with Crippen molar-refractivity contribution in [3.8, 4) is 0 Å². The maximum Gasteiger partial charge on any atom is 0.252 e. The van der Waals surface area contributed by atoms with Crippen molar-refractivity contribution in [2.75, 3.05) is 5.32 Å². The van der Waals surface area contributed by atoms with Gasteiger partial charge >= 0.3 is 0 Å². The van der Waals surface area contributed by atoms with Crippen molar-refractivity contribution in [1.29, 1.82) is 0 Å². The number of thiocarbonyl (C=S) groups is 1. The van der Waals surface area contributed by atoms with Crippen LogP contribution in [0.1, 0.15) is 10.4 Å². The molecule has 0 aliphatic carbocycles. The first kappa shape index (κ1) is 19.2. The number of aromatic amines is 1. The monoisotopic (exact) mass is 470 g/mol. The Kier molecular flexibility index (Phi) is 6.64. The second-order valence-electron chi connectivity index (χ2n) is 4.39. The first-order valence-electron chi connectivity index (χ1n) is 6.32. The Morgan fingerprint density at radius 3 is 2.46 bits per heavy atom. The van der Waals surface area contributed by atoms with Crippen molar-refractivity contribution in [1.82, 2.24) is 25.8 Å². The number of carbonyl (C=O) groups is 1. The number of rotatable bonds is 4. The number of hydrogen-bond acceptors (Lipinski definition) is 4. The molecular formula is C12H10BrCl3N6OS. The molecule has 128 valence electrons. The molecule has 0 aliphatic rings. The molecule has 0 fully saturated rings. The minimum absolute atomic E-state index is 0.0826. The van der Waals surface area contributed by atoms with Crippen LogP contribution in [-0.2, 0) is 0 Å². The van der Waals surface area contributed by atoms with Crippen LogP contribution < -0.4 is 16.0 Å². The number of benzene rings is 1. The van der Waals surface area contributed by atoms with E-state index in [9.17, 15) is 4.79 Å². The summed E-state index contributed by atoms with van der Waals surface area (Å²) in [6, 6.07) is 6.70. The van der Waals surface area contributed by atoms with Crippen LogP contribution >= 0.6 is 63.0 Å². The molecule has 1 atom stereocenters. The lowest BCUT2D eigenvalue weighted by atomic mass is 10.2. The minimum atomic E-state index is -1.85. The maximum atomic E-state index is 12.3. The SMILES string of the molecule is O=C(N[C@@H](NC(=S)Nc1ncn[nH]1)C(Cl)(Cl)Cl)c1ccc(Br)cc1. The van der Waals surface area contributed by atoms with Crippen molar-refractivity contribution in [2.45, 2.75) is 9.96 Å². The fraction of sp³-hybridized carbons (Fsp3) is 0.167. The van der Waals surface area contributed by atoms with E-state index in [1.54, 1.807) is 24.3 Å². The van der Waals surface area contributed by atoms with E-state index in [-0.39, 0.29) is 5.11 Å². The van der Waals surface area contributed by atoms with E-state index in [4.69, 9.17) is 47.0 Å². The second-order valence-corrected chi connectivity index (χ2v) is 8.08. The zero-order valence-corrected chi connectivity index (χ0v) is 16.4. The Morgan fingerprint density at radius 1 is 1.25 bits per heavy atom. The number of carbonyl (C=O) groups excluding carboxylic acids is 1. The average Bonchev–Trinajstić information content (AvgIpc) is 2.99. The van der Waals surface area contributed by atoms with Crippen LogP contribution in [0.4, 0.5) is 5.95 Å². The van der Waals surface area contributed by atoms with Gasteiger partial charge in [-0.25, -0.2) is 5.10 Å². The summed E-state index contributed by atoms with van der Waals surface area (Å²) in [7, 11) is 0. The average molecular weight is 473 g/mol. The van der Waals surface area contributed by atoms with Gasteiger partial charge in [0.2, 0.25) is 9.74 Å². The lowest BCUT2D eigenvalue weighted by molar-refractivity contribution is 0.0934. The molecule has 0 radical (unpaired) electrons. The van der Waals surface area contributed by atoms with Gasteiger partial charge in [0.05, 0.1) is 0 Å². The van der Waals surface area contributed by atoms with Crippen molar-refractivity contribution >= 4 is 79.9 Å². The van der Waals surface area contributed by atoms with Gasteiger partial charge in [-0.05, 0) is 36.5 Å². The molecular weight excluding hydrogens is 463 g/mol. The highest BCUT2D eigenvalue weighted by molar-refractivity contribution is 9.10. The van der Waals surface area contributed by atoms with E-state index in [0.29, 0.717) is 11.5 Å². The van der Waals surface area contributed by atoms with Gasteiger partial charge in [-0.3, -0.25) is 4.79 Å². The van der Waals surface area contributed by atoms with Gasteiger partial charge in [-0.15, -0.1) is 0 Å². The number of amides is 1. The molecule has 0 unspecified atom stereocenters. The highest BCUT2D eigenvalue weighted by Gasteiger charge is 2.35. The number of halogens is 4. The quantitative estimate of drug-likeness (QED) is 0.311. The summed E-state index contributed by atoms with van der Waals surface area (Å²) >= 11 is 26.1. The van der Waals surface area contributed by atoms with Crippen molar-refractivity contribution < 1.29 is 4.79 Å². The summed E-state index contributed by atoms with van der Waals surface area (Å²) < 4.78 is -1.01. The smallest absolute Gasteiger partial charge is 0.252 e. The maximum absolute atomic E-state index is 12.3. The molecule has 7 nitrogen and oxygen atoms in total. The molecule has 2 aromatic rings. The number of nitrogens with one attached hydrogen (secondary N) is 4. The Labute approximate surface area is 166 Å². The Balaban J connectivity index is 2.04. The summed E-state index contributed by atoms with van der Waals surface area (Å²) in [4.78, 5) is 16.1. The molecule has 4 N–H and O–H groups in total. The van der Waals surface area contributed by atoms with Crippen LogP contribution in [-0.4, -0.2) is 36.2 Å². The molecule has 1 aromatic heterocycles. The molecule has 0 spiro atoms. The first-order chi connectivity index (χ1) is 11.3. The van der Waals surface area contributed by atoms with Gasteiger partial charge in [-0.2, -0.15) is 10.1 Å². The molecule has 0 aliphatic heterocycles. The third-order valence-electron chi connectivity index (χ3n) is 2.63. The van der Waals surface area contributed by atoms with Gasteiger partial charge in [0.1, 0.15) is 12.5 Å². The lowest BCUT2D eigenvalue weighted by Crippen LogP contribution is -2.56. The zero-order chi connectivity index (χ0) is 17.7. The summed E-state index contributed by atoms with van der Waals surface area (Å²) in [6.07, 6.45) is 0.216. The van der Waals surface area contributed by atoms with Gasteiger partial charge < -0.3 is 16.0 Å². The van der Waals surface area contributed by atoms with Crippen LogP contribution in [0.15, 0.2) is 35.1 Å². The molecule has 2 rings (SSSR count). The molecule has 0 bridgehead atoms. The van der Waals surface area contributed by atoms with Crippen LogP contribution in [0.2, 0.25) is 0 Å². The fourth-order valence-corrected chi connectivity index (χ4v) is 2.36.